The van der Waals surface area contributed by atoms with Crippen molar-refractivity contribution in [2.45, 2.75) is 25.7 Å². The molecule has 1 aromatic carbocycles. The second kappa shape index (κ2) is 5.48. The molecule has 90 valence electrons. The van der Waals surface area contributed by atoms with Crippen molar-refractivity contribution in [3.05, 3.63) is 24.3 Å². The second-order valence-electron chi connectivity index (χ2n) is 4.03. The normalized spacial score (nSPS) is 18.2. The average Bonchev–Trinajstić information content (AvgIpc) is 2.38. The summed E-state index contributed by atoms with van der Waals surface area (Å²) in [5.74, 6) is 0.967. The zero-order valence-electron chi connectivity index (χ0n) is 9.90. The molecule has 1 fully saturated rings. The van der Waals surface area contributed by atoms with E-state index in [-0.39, 0.29) is 5.78 Å². The second-order valence-corrected chi connectivity index (χ2v) is 4.03. The molecule has 0 bridgehead atoms. The summed E-state index contributed by atoms with van der Waals surface area (Å²) < 4.78 is 5.06. The molecule has 0 aromatic heterocycles. The van der Waals surface area contributed by atoms with E-state index in [9.17, 15) is 4.79 Å². The zero-order chi connectivity index (χ0) is 12.1. The van der Waals surface area contributed by atoms with Gasteiger partial charge in [0.05, 0.1) is 12.8 Å². The molecule has 0 atom stereocenters. The number of Topliss-reactive ketones (excluding diaryl/α,β-unsaturated/α-hetero) is 1. The van der Waals surface area contributed by atoms with Crippen molar-refractivity contribution in [2.75, 3.05) is 12.5 Å². The van der Waals surface area contributed by atoms with Crippen LogP contribution in [0.3, 0.4) is 0 Å². The fourth-order valence-corrected chi connectivity index (χ4v) is 1.78. The van der Waals surface area contributed by atoms with Gasteiger partial charge in [0.1, 0.15) is 11.5 Å². The van der Waals surface area contributed by atoms with E-state index in [0.717, 1.165) is 30.7 Å². The quantitative estimate of drug-likeness (QED) is 0.815. The Morgan fingerprint density at radius 2 is 1.88 bits per heavy atom. The van der Waals surface area contributed by atoms with Crippen molar-refractivity contribution in [3.63, 3.8) is 0 Å². The van der Waals surface area contributed by atoms with Gasteiger partial charge in [-0.1, -0.05) is 0 Å². The molecule has 0 spiro atoms. The van der Waals surface area contributed by atoms with E-state index >= 15 is 0 Å². The van der Waals surface area contributed by atoms with Crippen LogP contribution in [0.1, 0.15) is 25.7 Å². The third-order valence-corrected chi connectivity index (χ3v) is 2.80. The van der Waals surface area contributed by atoms with Crippen LogP contribution in [-0.2, 0) is 4.79 Å². The Hall–Kier alpha value is -1.84. The molecular weight excluding hydrogens is 216 g/mol. The summed E-state index contributed by atoms with van der Waals surface area (Å²) in [6.45, 7) is 0. The fraction of sp³-hybridized carbons (Fsp3) is 0.385. The largest absolute Gasteiger partial charge is 0.497 e. The number of rotatable bonds is 3. The topological polar surface area (TPSA) is 50.7 Å². The average molecular weight is 232 g/mol. The maximum absolute atomic E-state index is 11.5. The fourth-order valence-electron chi connectivity index (χ4n) is 1.78. The summed E-state index contributed by atoms with van der Waals surface area (Å²) in [5, 5.41) is 4.17. The molecule has 0 amide bonds. The lowest BCUT2D eigenvalue weighted by molar-refractivity contribution is -0.113. The molecule has 0 saturated heterocycles. The number of hydrogen-bond donors (Lipinski definition) is 1. The SMILES string of the molecule is COc1ccc(N/N=C2\CCCCC2=O)cc1. The van der Waals surface area contributed by atoms with Crippen LogP contribution in [0, 0.1) is 0 Å². The van der Waals surface area contributed by atoms with Gasteiger partial charge in [-0.25, -0.2) is 0 Å². The first-order valence-electron chi connectivity index (χ1n) is 5.79. The van der Waals surface area contributed by atoms with Crippen LogP contribution in [0.4, 0.5) is 5.69 Å². The number of hydrazone groups is 1. The summed E-state index contributed by atoms with van der Waals surface area (Å²) >= 11 is 0. The number of carbonyl (C=O) groups is 1. The number of nitrogens with one attached hydrogen (secondary N) is 1. The van der Waals surface area contributed by atoms with Crippen LogP contribution >= 0.6 is 0 Å². The number of benzene rings is 1. The molecule has 1 N–H and O–H groups in total. The summed E-state index contributed by atoms with van der Waals surface area (Å²) in [5.41, 5.74) is 4.43. The predicted molar refractivity (Wildman–Crippen MR) is 67.5 cm³/mol. The van der Waals surface area contributed by atoms with Crippen molar-refractivity contribution in [2.24, 2.45) is 5.10 Å². The van der Waals surface area contributed by atoms with E-state index in [2.05, 4.69) is 10.5 Å². The van der Waals surface area contributed by atoms with Crippen molar-refractivity contribution < 1.29 is 9.53 Å². The Labute approximate surface area is 101 Å². The third kappa shape index (κ3) is 3.06. The lowest BCUT2D eigenvalue weighted by Gasteiger charge is -2.11. The van der Waals surface area contributed by atoms with Crippen molar-refractivity contribution in [1.82, 2.24) is 0 Å². The molecule has 0 heterocycles. The molecule has 1 aromatic rings. The molecule has 4 nitrogen and oxygen atoms in total. The van der Waals surface area contributed by atoms with Gasteiger partial charge < -0.3 is 4.74 Å². The monoisotopic (exact) mass is 232 g/mol. The van der Waals surface area contributed by atoms with E-state index in [1.54, 1.807) is 7.11 Å². The molecule has 0 unspecified atom stereocenters. The summed E-state index contributed by atoms with van der Waals surface area (Å²) in [6, 6.07) is 7.45. The van der Waals surface area contributed by atoms with E-state index in [1.807, 2.05) is 24.3 Å². The maximum atomic E-state index is 11.5. The maximum Gasteiger partial charge on any atom is 0.178 e. The minimum atomic E-state index is 0.164. The number of anilines is 1. The van der Waals surface area contributed by atoms with Gasteiger partial charge in [0, 0.05) is 6.42 Å². The Bertz CT molecular complexity index is 424. The molecule has 0 aliphatic heterocycles. The Kier molecular flexibility index (Phi) is 3.75. The van der Waals surface area contributed by atoms with Crippen molar-refractivity contribution >= 4 is 17.2 Å². The molecule has 0 radical (unpaired) electrons. The highest BCUT2D eigenvalue weighted by Gasteiger charge is 2.16. The van der Waals surface area contributed by atoms with Gasteiger partial charge >= 0.3 is 0 Å². The minimum Gasteiger partial charge on any atom is -0.497 e. The highest BCUT2D eigenvalue weighted by atomic mass is 16.5. The van der Waals surface area contributed by atoms with Crippen LogP contribution < -0.4 is 10.2 Å². The Balaban J connectivity index is 2.00. The third-order valence-electron chi connectivity index (χ3n) is 2.80. The van der Waals surface area contributed by atoms with E-state index < -0.39 is 0 Å². The zero-order valence-corrected chi connectivity index (χ0v) is 9.90. The standard InChI is InChI=1S/C13H16N2O2/c1-17-11-8-6-10(7-9-11)14-15-12-4-2-3-5-13(12)16/h6-9,14H,2-5H2,1H3/b15-12+. The van der Waals surface area contributed by atoms with Crippen molar-refractivity contribution in [1.29, 1.82) is 0 Å². The molecule has 17 heavy (non-hydrogen) atoms. The van der Waals surface area contributed by atoms with Gasteiger partial charge in [0.25, 0.3) is 0 Å². The van der Waals surface area contributed by atoms with Gasteiger partial charge in [0.2, 0.25) is 0 Å². The number of ether oxygens (including phenoxy) is 1. The molecular formula is C13H16N2O2. The molecule has 1 saturated carbocycles. The van der Waals surface area contributed by atoms with Crippen molar-refractivity contribution in [3.8, 4) is 5.75 Å². The Morgan fingerprint density at radius 3 is 2.53 bits per heavy atom. The minimum absolute atomic E-state index is 0.164. The highest BCUT2D eigenvalue weighted by molar-refractivity contribution is 6.40. The van der Waals surface area contributed by atoms with Gasteiger partial charge in [0.15, 0.2) is 5.78 Å². The van der Waals surface area contributed by atoms with Gasteiger partial charge in [-0.2, -0.15) is 5.10 Å². The lowest BCUT2D eigenvalue weighted by atomic mass is 9.97. The first kappa shape index (κ1) is 11.6. The van der Waals surface area contributed by atoms with Crippen LogP contribution in [0.25, 0.3) is 0 Å². The smallest absolute Gasteiger partial charge is 0.178 e. The molecule has 2 rings (SSSR count). The number of carbonyl (C=O) groups excluding carboxylic acids is 1. The van der Waals surface area contributed by atoms with E-state index in [0.29, 0.717) is 12.1 Å². The van der Waals surface area contributed by atoms with E-state index in [4.69, 9.17) is 4.74 Å². The molecule has 4 heteroatoms. The first-order valence-corrected chi connectivity index (χ1v) is 5.79. The number of hydrogen-bond acceptors (Lipinski definition) is 4. The van der Waals surface area contributed by atoms with Gasteiger partial charge in [-0.3, -0.25) is 10.2 Å². The van der Waals surface area contributed by atoms with Gasteiger partial charge in [-0.05, 0) is 43.5 Å². The summed E-state index contributed by atoms with van der Waals surface area (Å²) in [7, 11) is 1.63. The van der Waals surface area contributed by atoms with Crippen LogP contribution in [-0.4, -0.2) is 18.6 Å². The number of methoxy groups -OCH3 is 1. The molecule has 1 aliphatic carbocycles. The van der Waals surface area contributed by atoms with Crippen LogP contribution in [0.5, 0.6) is 5.75 Å². The van der Waals surface area contributed by atoms with Crippen LogP contribution in [0.15, 0.2) is 29.4 Å². The van der Waals surface area contributed by atoms with E-state index in [1.165, 1.54) is 0 Å². The van der Waals surface area contributed by atoms with Crippen LogP contribution in [0.2, 0.25) is 0 Å². The van der Waals surface area contributed by atoms with Gasteiger partial charge in [-0.15, -0.1) is 0 Å². The lowest BCUT2D eigenvalue weighted by Crippen LogP contribution is -2.19. The summed E-state index contributed by atoms with van der Waals surface area (Å²) in [4.78, 5) is 11.5. The first-order chi connectivity index (χ1) is 8.29. The highest BCUT2D eigenvalue weighted by Crippen LogP contribution is 2.16. The summed E-state index contributed by atoms with van der Waals surface area (Å²) in [6.07, 6.45) is 3.44. The number of ketones is 1. The number of nitrogens with zero attached hydrogens (tertiary/aromatic N) is 1. The molecule has 1 aliphatic rings. The Morgan fingerprint density at radius 1 is 1.18 bits per heavy atom. The predicted octanol–water partition coefficient (Wildman–Crippen LogP) is 2.61.